The number of hydrogen-bond acceptors (Lipinski definition) is 4. The van der Waals surface area contributed by atoms with Crippen molar-refractivity contribution in [1.82, 2.24) is 9.88 Å². The number of H-pyrrole nitrogens is 1. The number of primary amides is 1. The number of piperidine rings is 1. The SMILES string of the molecule is NC(=O)C(O)N1C[C@@H](CCN2CCC(c3ccc4[nH]ccc4c3)CC2)c2ccccc21. The number of carbonyl (C=O) groups is 1. The van der Waals surface area contributed by atoms with Crippen molar-refractivity contribution >= 4 is 22.5 Å². The molecule has 1 amide bonds. The highest BCUT2D eigenvalue weighted by molar-refractivity contribution is 5.83. The van der Waals surface area contributed by atoms with Gasteiger partial charge >= 0.3 is 0 Å². The topological polar surface area (TPSA) is 85.6 Å². The molecule has 0 bridgehead atoms. The zero-order chi connectivity index (χ0) is 21.4. The van der Waals surface area contributed by atoms with Crippen molar-refractivity contribution < 1.29 is 9.90 Å². The third kappa shape index (κ3) is 3.93. The fourth-order valence-electron chi connectivity index (χ4n) is 5.31. The molecule has 2 aliphatic heterocycles. The Morgan fingerprint density at radius 3 is 2.77 bits per heavy atom. The van der Waals surface area contributed by atoms with Crippen molar-refractivity contribution in [3.63, 3.8) is 0 Å². The maximum Gasteiger partial charge on any atom is 0.267 e. The summed E-state index contributed by atoms with van der Waals surface area (Å²) in [6, 6.07) is 17.0. The molecule has 0 saturated carbocycles. The van der Waals surface area contributed by atoms with Crippen molar-refractivity contribution in [2.75, 3.05) is 31.1 Å². The number of carbonyl (C=O) groups excluding carboxylic acids is 1. The van der Waals surface area contributed by atoms with E-state index in [0.717, 1.165) is 31.7 Å². The second kappa shape index (κ2) is 8.36. The highest BCUT2D eigenvalue weighted by Crippen LogP contribution is 2.39. The van der Waals surface area contributed by atoms with Crippen LogP contribution in [0.15, 0.2) is 54.7 Å². The minimum Gasteiger partial charge on any atom is -0.366 e. The molecule has 6 nitrogen and oxygen atoms in total. The van der Waals surface area contributed by atoms with Crippen LogP contribution in [0.25, 0.3) is 10.9 Å². The summed E-state index contributed by atoms with van der Waals surface area (Å²) in [5.41, 5.74) is 10.1. The molecule has 5 rings (SSSR count). The summed E-state index contributed by atoms with van der Waals surface area (Å²) in [7, 11) is 0. The van der Waals surface area contributed by atoms with Crippen LogP contribution < -0.4 is 10.6 Å². The molecule has 1 aromatic heterocycles. The normalized spacial score (nSPS) is 20.8. The van der Waals surface area contributed by atoms with Crippen LogP contribution in [-0.4, -0.2) is 53.3 Å². The largest absolute Gasteiger partial charge is 0.366 e. The fraction of sp³-hybridized carbons (Fsp3) is 0.400. The second-order valence-corrected chi connectivity index (χ2v) is 8.91. The molecule has 6 heteroatoms. The number of nitrogens with two attached hydrogens (primary N) is 1. The van der Waals surface area contributed by atoms with E-state index in [0.29, 0.717) is 18.4 Å². The lowest BCUT2D eigenvalue weighted by Crippen LogP contribution is -2.44. The van der Waals surface area contributed by atoms with Gasteiger partial charge in [0.25, 0.3) is 5.91 Å². The van der Waals surface area contributed by atoms with Gasteiger partial charge in [-0.25, -0.2) is 0 Å². The highest BCUT2D eigenvalue weighted by atomic mass is 16.3. The summed E-state index contributed by atoms with van der Waals surface area (Å²) < 4.78 is 0. The summed E-state index contributed by atoms with van der Waals surface area (Å²) in [5, 5.41) is 11.5. The molecule has 3 aromatic rings. The van der Waals surface area contributed by atoms with E-state index in [1.165, 1.54) is 34.9 Å². The molecule has 1 saturated heterocycles. The lowest BCUT2D eigenvalue weighted by Gasteiger charge is -2.33. The van der Waals surface area contributed by atoms with Gasteiger partial charge in [-0.3, -0.25) is 4.79 Å². The first-order chi connectivity index (χ1) is 15.1. The van der Waals surface area contributed by atoms with Crippen LogP contribution in [0.5, 0.6) is 0 Å². The van der Waals surface area contributed by atoms with E-state index in [9.17, 15) is 9.90 Å². The van der Waals surface area contributed by atoms with Gasteiger partial charge in [-0.15, -0.1) is 0 Å². The van der Waals surface area contributed by atoms with E-state index in [1.807, 2.05) is 24.4 Å². The van der Waals surface area contributed by atoms with Crippen LogP contribution in [-0.2, 0) is 4.79 Å². The van der Waals surface area contributed by atoms with E-state index >= 15 is 0 Å². The zero-order valence-corrected chi connectivity index (χ0v) is 17.7. The smallest absolute Gasteiger partial charge is 0.267 e. The van der Waals surface area contributed by atoms with Crippen LogP contribution in [0.3, 0.4) is 0 Å². The molecule has 3 heterocycles. The van der Waals surface area contributed by atoms with Crippen molar-refractivity contribution in [2.24, 2.45) is 5.73 Å². The fourth-order valence-corrected chi connectivity index (χ4v) is 5.31. The van der Waals surface area contributed by atoms with Crippen LogP contribution in [0.4, 0.5) is 5.69 Å². The molecule has 2 aromatic carbocycles. The van der Waals surface area contributed by atoms with Gasteiger partial charge in [0.2, 0.25) is 6.23 Å². The Hall–Kier alpha value is -2.83. The molecule has 162 valence electrons. The number of para-hydroxylation sites is 1. The number of aromatic amines is 1. The Bertz CT molecular complexity index is 1070. The van der Waals surface area contributed by atoms with E-state index in [-0.39, 0.29) is 0 Å². The van der Waals surface area contributed by atoms with Gasteiger partial charge in [0, 0.05) is 29.9 Å². The van der Waals surface area contributed by atoms with Crippen molar-refractivity contribution in [1.29, 1.82) is 0 Å². The lowest BCUT2D eigenvalue weighted by atomic mass is 9.88. The van der Waals surface area contributed by atoms with Gasteiger partial charge in [0.15, 0.2) is 0 Å². The number of nitrogens with zero attached hydrogens (tertiary/aromatic N) is 2. The second-order valence-electron chi connectivity index (χ2n) is 8.91. The predicted molar refractivity (Wildman–Crippen MR) is 123 cm³/mol. The van der Waals surface area contributed by atoms with E-state index in [2.05, 4.69) is 40.2 Å². The van der Waals surface area contributed by atoms with Gasteiger partial charge in [-0.2, -0.15) is 0 Å². The summed E-state index contributed by atoms with van der Waals surface area (Å²) >= 11 is 0. The Morgan fingerprint density at radius 2 is 1.97 bits per heavy atom. The number of anilines is 1. The number of fused-ring (bicyclic) bond motifs is 2. The van der Waals surface area contributed by atoms with Gasteiger partial charge in [-0.1, -0.05) is 24.3 Å². The summed E-state index contributed by atoms with van der Waals surface area (Å²) in [5.74, 6) is 0.234. The van der Waals surface area contributed by atoms with Crippen molar-refractivity contribution in [3.05, 3.63) is 65.9 Å². The van der Waals surface area contributed by atoms with Crippen LogP contribution in [0, 0.1) is 0 Å². The maximum absolute atomic E-state index is 11.5. The quantitative estimate of drug-likeness (QED) is 0.574. The van der Waals surface area contributed by atoms with E-state index < -0.39 is 12.1 Å². The number of hydrogen-bond donors (Lipinski definition) is 3. The van der Waals surface area contributed by atoms with Gasteiger partial charge in [-0.05, 0) is 85.6 Å². The molecular weight excluding hydrogens is 388 g/mol. The number of amides is 1. The van der Waals surface area contributed by atoms with Crippen molar-refractivity contribution in [2.45, 2.75) is 37.3 Å². The molecule has 1 unspecified atom stereocenters. The first kappa shape index (κ1) is 20.1. The molecule has 0 spiro atoms. The highest BCUT2D eigenvalue weighted by Gasteiger charge is 2.34. The van der Waals surface area contributed by atoms with Gasteiger partial charge < -0.3 is 25.6 Å². The number of likely N-dealkylation sites (tertiary alicyclic amines) is 1. The average Bonchev–Trinajstić information content (AvgIpc) is 3.41. The van der Waals surface area contributed by atoms with Crippen molar-refractivity contribution in [3.8, 4) is 0 Å². The zero-order valence-electron chi connectivity index (χ0n) is 17.7. The predicted octanol–water partition coefficient (Wildman–Crippen LogP) is 3.14. The van der Waals surface area contributed by atoms with E-state index in [1.54, 1.807) is 4.90 Å². The van der Waals surface area contributed by atoms with Gasteiger partial charge in [0.05, 0.1) is 0 Å². The monoisotopic (exact) mass is 418 g/mol. The first-order valence-corrected chi connectivity index (χ1v) is 11.2. The first-order valence-electron chi connectivity index (χ1n) is 11.2. The Kier molecular flexibility index (Phi) is 5.42. The molecule has 1 fully saturated rings. The summed E-state index contributed by atoms with van der Waals surface area (Å²) in [4.78, 5) is 19.1. The minimum atomic E-state index is -1.26. The summed E-state index contributed by atoms with van der Waals surface area (Å²) in [6.45, 7) is 3.88. The minimum absolute atomic E-state index is 0.305. The Labute approximate surface area is 182 Å². The summed E-state index contributed by atoms with van der Waals surface area (Å²) in [6.07, 6.45) is 4.12. The number of benzene rings is 2. The van der Waals surface area contributed by atoms with Crippen LogP contribution in [0.1, 0.15) is 42.2 Å². The molecule has 2 atom stereocenters. The number of rotatable bonds is 6. The van der Waals surface area contributed by atoms with Gasteiger partial charge in [0.1, 0.15) is 0 Å². The van der Waals surface area contributed by atoms with Crippen LogP contribution in [0.2, 0.25) is 0 Å². The Morgan fingerprint density at radius 1 is 1.16 bits per heavy atom. The molecule has 31 heavy (non-hydrogen) atoms. The molecule has 4 N–H and O–H groups in total. The Balaban J connectivity index is 1.18. The lowest BCUT2D eigenvalue weighted by molar-refractivity contribution is -0.125. The third-order valence-electron chi connectivity index (χ3n) is 7.08. The molecule has 2 aliphatic rings. The average molecular weight is 419 g/mol. The third-order valence-corrected chi connectivity index (χ3v) is 7.08. The standard InChI is InChI=1S/C25H30N4O2/c26-24(30)25(31)29-16-20(21-3-1-2-4-23(21)29)10-14-28-12-8-17(9-13-28)18-5-6-22-19(15-18)7-11-27-22/h1-7,11,15,17,20,25,27,31H,8-10,12-14,16H2,(H2,26,30)/t20-,25?/m1/s1. The number of aliphatic hydroxyl groups is 1. The van der Waals surface area contributed by atoms with E-state index in [4.69, 9.17) is 5.73 Å². The maximum atomic E-state index is 11.5. The molecule has 0 radical (unpaired) electrons. The number of aliphatic hydroxyl groups excluding tert-OH is 1. The van der Waals surface area contributed by atoms with Crippen LogP contribution >= 0.6 is 0 Å². The molecular formula is C25H30N4O2. The number of aromatic nitrogens is 1. The number of nitrogens with one attached hydrogen (secondary N) is 1. The molecule has 0 aliphatic carbocycles.